The van der Waals surface area contributed by atoms with Gasteiger partial charge < -0.3 is 4.84 Å². The largest absolute Gasteiger partial charge is 0.387 e. The molecule has 8 heteroatoms. The van der Waals surface area contributed by atoms with Crippen molar-refractivity contribution in [2.24, 2.45) is 5.16 Å². The third kappa shape index (κ3) is 3.08. The average molecular weight is 397 g/mol. The molecule has 0 saturated carbocycles. The van der Waals surface area contributed by atoms with Crippen LogP contribution in [0, 0.1) is 13.8 Å². The molecule has 0 aliphatic heterocycles. The topological polar surface area (TPSA) is 82.5 Å². The Morgan fingerprint density at radius 1 is 1.00 bits per heavy atom. The summed E-state index contributed by atoms with van der Waals surface area (Å²) in [6.45, 7) is 4.29. The number of rotatable bonds is 5. The normalized spacial score (nSPS) is 11.7. The Morgan fingerprint density at radius 2 is 1.83 bits per heavy atom. The summed E-state index contributed by atoms with van der Waals surface area (Å²) in [6, 6.07) is 15.6. The summed E-state index contributed by atoms with van der Waals surface area (Å²) in [4.78, 5) is 19.2. The Hall–Kier alpha value is -4.07. The lowest BCUT2D eigenvalue weighted by atomic mass is 10.2. The van der Waals surface area contributed by atoms with E-state index in [9.17, 15) is 0 Å². The second-order valence-electron chi connectivity index (χ2n) is 6.89. The van der Waals surface area contributed by atoms with Gasteiger partial charge in [-0.3, -0.25) is 4.57 Å². The summed E-state index contributed by atoms with van der Waals surface area (Å²) in [5.74, 6) is 1.36. The summed E-state index contributed by atoms with van der Waals surface area (Å²) in [7, 11) is 0. The van der Waals surface area contributed by atoms with Crippen LogP contribution in [0.3, 0.4) is 0 Å². The zero-order valence-electron chi connectivity index (χ0n) is 16.6. The summed E-state index contributed by atoms with van der Waals surface area (Å²) in [6.07, 6.45) is 5.10. The van der Waals surface area contributed by atoms with Crippen molar-refractivity contribution in [3.63, 3.8) is 0 Å². The van der Waals surface area contributed by atoms with Crippen LogP contribution in [0.4, 0.5) is 0 Å². The lowest BCUT2D eigenvalue weighted by molar-refractivity contribution is 0.126. The minimum Gasteiger partial charge on any atom is -0.387 e. The molecule has 0 aliphatic rings. The van der Waals surface area contributed by atoms with Gasteiger partial charge in [-0.05, 0) is 37.1 Å². The zero-order chi connectivity index (χ0) is 20.5. The Kier molecular flexibility index (Phi) is 4.44. The molecule has 0 amide bonds. The maximum absolute atomic E-state index is 5.39. The third-order valence-electron chi connectivity index (χ3n) is 5.02. The standard InChI is InChI=1S/C22H19N7O/c1-15-16(2)29(19-10-6-7-11-23-19)21-20(15)22-26-18(27-28(22)14-24-21)13-30-25-12-17-8-4-3-5-9-17/h3-12,14H,13H2,1-2H3/b25-12+. The molecule has 4 aromatic heterocycles. The molecule has 5 rings (SSSR count). The highest BCUT2D eigenvalue weighted by molar-refractivity contribution is 5.94. The zero-order valence-corrected chi connectivity index (χ0v) is 16.6. The van der Waals surface area contributed by atoms with Crippen molar-refractivity contribution in [1.29, 1.82) is 0 Å². The number of hydrogen-bond acceptors (Lipinski definition) is 6. The first-order valence-electron chi connectivity index (χ1n) is 9.56. The molecular weight excluding hydrogens is 378 g/mol. The molecule has 0 saturated heterocycles. The Morgan fingerprint density at radius 3 is 2.63 bits per heavy atom. The van der Waals surface area contributed by atoms with E-state index in [1.807, 2.05) is 53.1 Å². The molecule has 0 unspecified atom stereocenters. The molecule has 0 fully saturated rings. The van der Waals surface area contributed by atoms with Crippen molar-refractivity contribution in [1.82, 2.24) is 29.1 Å². The van der Waals surface area contributed by atoms with Gasteiger partial charge in [-0.15, -0.1) is 5.10 Å². The van der Waals surface area contributed by atoms with Crippen molar-refractivity contribution in [2.75, 3.05) is 0 Å². The lowest BCUT2D eigenvalue weighted by Gasteiger charge is -2.05. The molecule has 4 heterocycles. The quantitative estimate of drug-likeness (QED) is 0.334. The van der Waals surface area contributed by atoms with Gasteiger partial charge in [0, 0.05) is 11.9 Å². The van der Waals surface area contributed by atoms with Gasteiger partial charge in [-0.1, -0.05) is 41.6 Å². The first-order valence-corrected chi connectivity index (χ1v) is 9.56. The van der Waals surface area contributed by atoms with E-state index >= 15 is 0 Å². The molecule has 0 radical (unpaired) electrons. The number of hydrogen-bond donors (Lipinski definition) is 0. The molecule has 0 aliphatic carbocycles. The average Bonchev–Trinajstić information content (AvgIpc) is 3.31. The van der Waals surface area contributed by atoms with Crippen molar-refractivity contribution in [2.45, 2.75) is 20.5 Å². The molecule has 0 spiro atoms. The van der Waals surface area contributed by atoms with Gasteiger partial charge in [0.05, 0.1) is 11.6 Å². The van der Waals surface area contributed by atoms with Crippen LogP contribution < -0.4 is 0 Å². The minimum absolute atomic E-state index is 0.172. The van der Waals surface area contributed by atoms with E-state index in [2.05, 4.69) is 39.1 Å². The van der Waals surface area contributed by atoms with Crippen LogP contribution in [0.2, 0.25) is 0 Å². The Balaban J connectivity index is 1.49. The van der Waals surface area contributed by atoms with Crippen molar-refractivity contribution >= 4 is 22.9 Å². The lowest BCUT2D eigenvalue weighted by Crippen LogP contribution is -2.01. The predicted octanol–water partition coefficient (Wildman–Crippen LogP) is 3.63. The van der Waals surface area contributed by atoms with Crippen molar-refractivity contribution in [3.05, 3.63) is 83.7 Å². The van der Waals surface area contributed by atoms with E-state index in [4.69, 9.17) is 4.84 Å². The molecule has 5 aromatic rings. The number of benzene rings is 1. The van der Waals surface area contributed by atoms with E-state index in [-0.39, 0.29) is 6.61 Å². The van der Waals surface area contributed by atoms with Crippen LogP contribution in [0.1, 0.15) is 22.6 Å². The van der Waals surface area contributed by atoms with E-state index < -0.39 is 0 Å². The second kappa shape index (κ2) is 7.40. The molecule has 8 nitrogen and oxygen atoms in total. The van der Waals surface area contributed by atoms with Crippen LogP contribution in [-0.4, -0.2) is 35.3 Å². The van der Waals surface area contributed by atoms with Gasteiger partial charge in [-0.2, -0.15) is 0 Å². The Labute approximate surface area is 172 Å². The second-order valence-corrected chi connectivity index (χ2v) is 6.89. The van der Waals surface area contributed by atoms with Crippen LogP contribution in [0.25, 0.3) is 22.5 Å². The highest BCUT2D eigenvalue weighted by Gasteiger charge is 2.19. The highest BCUT2D eigenvalue weighted by atomic mass is 16.6. The van der Waals surface area contributed by atoms with Gasteiger partial charge in [0.15, 0.2) is 23.7 Å². The summed E-state index contributed by atoms with van der Waals surface area (Å²) < 4.78 is 3.72. The summed E-state index contributed by atoms with van der Waals surface area (Å²) >= 11 is 0. The van der Waals surface area contributed by atoms with Gasteiger partial charge in [0.1, 0.15) is 12.1 Å². The monoisotopic (exact) mass is 397 g/mol. The first-order chi connectivity index (χ1) is 14.7. The third-order valence-corrected chi connectivity index (χ3v) is 5.02. The summed E-state index contributed by atoms with van der Waals surface area (Å²) in [5.41, 5.74) is 4.67. The first kappa shape index (κ1) is 18.0. The van der Waals surface area contributed by atoms with Gasteiger partial charge in [0.25, 0.3) is 0 Å². The molecule has 0 atom stereocenters. The maximum Gasteiger partial charge on any atom is 0.192 e. The fraction of sp³-hybridized carbons (Fsp3) is 0.136. The van der Waals surface area contributed by atoms with Gasteiger partial charge in [-0.25, -0.2) is 19.5 Å². The SMILES string of the molecule is Cc1c(C)n(-c2ccccn2)c2ncn3nc(CO/N=C/c4ccccc4)nc3c12. The van der Waals surface area contributed by atoms with Crippen LogP contribution in [0.5, 0.6) is 0 Å². The van der Waals surface area contributed by atoms with Crippen molar-refractivity contribution < 1.29 is 4.84 Å². The fourth-order valence-electron chi connectivity index (χ4n) is 3.46. The molecule has 148 valence electrons. The molecule has 0 N–H and O–H groups in total. The fourth-order valence-corrected chi connectivity index (χ4v) is 3.46. The Bertz CT molecular complexity index is 1350. The minimum atomic E-state index is 0.172. The van der Waals surface area contributed by atoms with E-state index in [1.54, 1.807) is 23.3 Å². The summed E-state index contributed by atoms with van der Waals surface area (Å²) in [5, 5.41) is 9.43. The number of aromatic nitrogens is 6. The highest BCUT2D eigenvalue weighted by Crippen LogP contribution is 2.28. The van der Waals surface area contributed by atoms with Crippen LogP contribution >= 0.6 is 0 Å². The number of nitrogens with zero attached hydrogens (tertiary/aromatic N) is 7. The van der Waals surface area contributed by atoms with Gasteiger partial charge >= 0.3 is 0 Å². The molecule has 0 bridgehead atoms. The number of oxime groups is 1. The van der Waals surface area contributed by atoms with Crippen LogP contribution in [0.15, 0.2) is 66.2 Å². The molecule has 30 heavy (non-hydrogen) atoms. The molecular formula is C22H19N7O. The number of pyridine rings is 1. The molecule has 1 aromatic carbocycles. The van der Waals surface area contributed by atoms with E-state index in [0.717, 1.165) is 39.3 Å². The number of fused-ring (bicyclic) bond motifs is 3. The maximum atomic E-state index is 5.39. The van der Waals surface area contributed by atoms with E-state index in [0.29, 0.717) is 5.82 Å². The van der Waals surface area contributed by atoms with E-state index in [1.165, 1.54) is 0 Å². The number of aryl methyl sites for hydroxylation is 1. The van der Waals surface area contributed by atoms with Crippen molar-refractivity contribution in [3.8, 4) is 5.82 Å². The van der Waals surface area contributed by atoms with Crippen LogP contribution in [-0.2, 0) is 11.4 Å². The smallest absolute Gasteiger partial charge is 0.192 e. The van der Waals surface area contributed by atoms with Gasteiger partial charge in [0.2, 0.25) is 0 Å². The predicted molar refractivity (Wildman–Crippen MR) is 114 cm³/mol.